The SMILES string of the molecule is CCO[Si](CCC(CC)SC(=O)C(C)=O)(OCC)OCC. The first-order valence-electron chi connectivity index (χ1n) is 7.57. The standard InChI is InChI=1S/C14H28O5SSi/c1-6-13(20-14(16)12(5)15)10-11-21(17-7-2,18-8-3)19-9-4/h13H,6-11H2,1-5H3. The number of hydrogen-bond acceptors (Lipinski definition) is 6. The van der Waals surface area contributed by atoms with Gasteiger partial charge in [0.25, 0.3) is 5.12 Å². The lowest BCUT2D eigenvalue weighted by molar-refractivity contribution is -0.130. The Morgan fingerprint density at radius 3 is 1.81 bits per heavy atom. The van der Waals surface area contributed by atoms with Crippen LogP contribution < -0.4 is 0 Å². The lowest BCUT2D eigenvalue weighted by Crippen LogP contribution is -2.46. The zero-order chi connectivity index (χ0) is 16.3. The lowest BCUT2D eigenvalue weighted by atomic mass is 10.3. The van der Waals surface area contributed by atoms with Gasteiger partial charge < -0.3 is 13.3 Å². The van der Waals surface area contributed by atoms with Crippen LogP contribution >= 0.6 is 11.8 Å². The molecule has 124 valence electrons. The number of hydrogen-bond donors (Lipinski definition) is 0. The topological polar surface area (TPSA) is 61.8 Å². The zero-order valence-electron chi connectivity index (χ0n) is 13.8. The van der Waals surface area contributed by atoms with Crippen molar-refractivity contribution in [3.8, 4) is 0 Å². The van der Waals surface area contributed by atoms with Crippen molar-refractivity contribution in [1.29, 1.82) is 0 Å². The molecule has 7 heteroatoms. The first kappa shape index (κ1) is 20.8. The van der Waals surface area contributed by atoms with Crippen LogP contribution in [0.2, 0.25) is 6.04 Å². The van der Waals surface area contributed by atoms with Crippen molar-refractivity contribution in [2.75, 3.05) is 19.8 Å². The van der Waals surface area contributed by atoms with Gasteiger partial charge in [-0.25, -0.2) is 0 Å². The van der Waals surface area contributed by atoms with Crippen LogP contribution in [0.1, 0.15) is 47.5 Å². The summed E-state index contributed by atoms with van der Waals surface area (Å²) in [7, 11) is -2.66. The molecule has 0 bridgehead atoms. The Hall–Kier alpha value is -0.213. The van der Waals surface area contributed by atoms with E-state index in [0.717, 1.165) is 24.6 Å². The molecule has 0 radical (unpaired) electrons. The summed E-state index contributed by atoms with van der Waals surface area (Å²) in [4.78, 5) is 22.6. The summed E-state index contributed by atoms with van der Waals surface area (Å²) >= 11 is 1.11. The molecule has 0 aromatic heterocycles. The highest BCUT2D eigenvalue weighted by Gasteiger charge is 2.40. The van der Waals surface area contributed by atoms with E-state index in [-0.39, 0.29) is 10.4 Å². The predicted molar refractivity (Wildman–Crippen MR) is 87.4 cm³/mol. The Kier molecular flexibility index (Phi) is 11.3. The van der Waals surface area contributed by atoms with Gasteiger partial charge in [0.2, 0.25) is 5.78 Å². The second kappa shape index (κ2) is 11.4. The Morgan fingerprint density at radius 1 is 1.00 bits per heavy atom. The summed E-state index contributed by atoms with van der Waals surface area (Å²) < 4.78 is 17.4. The quantitative estimate of drug-likeness (QED) is 0.403. The molecule has 0 aliphatic carbocycles. The average molecular weight is 337 g/mol. The summed E-state index contributed by atoms with van der Waals surface area (Å²) in [5, 5.41) is -0.284. The third-order valence-electron chi connectivity index (χ3n) is 2.88. The number of carbonyl (C=O) groups is 2. The third-order valence-corrected chi connectivity index (χ3v) is 7.37. The number of rotatable bonds is 12. The fourth-order valence-corrected chi connectivity index (χ4v) is 5.70. The van der Waals surface area contributed by atoms with E-state index < -0.39 is 14.6 Å². The van der Waals surface area contributed by atoms with E-state index in [9.17, 15) is 9.59 Å². The molecule has 0 aliphatic rings. The van der Waals surface area contributed by atoms with Gasteiger partial charge in [-0.2, -0.15) is 0 Å². The minimum Gasteiger partial charge on any atom is -0.374 e. The van der Waals surface area contributed by atoms with Gasteiger partial charge in [0.15, 0.2) is 0 Å². The van der Waals surface area contributed by atoms with E-state index in [1.165, 1.54) is 6.92 Å². The summed E-state index contributed by atoms with van der Waals surface area (Å²) in [5.74, 6) is -0.401. The monoisotopic (exact) mass is 336 g/mol. The second-order valence-corrected chi connectivity index (χ2v) is 8.52. The van der Waals surface area contributed by atoms with Crippen LogP contribution in [0.3, 0.4) is 0 Å². The molecule has 0 fully saturated rings. The molecule has 0 aromatic rings. The molecule has 1 unspecified atom stereocenters. The largest absolute Gasteiger partial charge is 0.500 e. The smallest absolute Gasteiger partial charge is 0.374 e. The Balaban J connectivity index is 4.67. The van der Waals surface area contributed by atoms with Gasteiger partial charge in [0.05, 0.1) is 0 Å². The van der Waals surface area contributed by atoms with Crippen LogP contribution in [0, 0.1) is 0 Å². The Morgan fingerprint density at radius 2 is 1.48 bits per heavy atom. The van der Waals surface area contributed by atoms with E-state index in [1.807, 2.05) is 27.7 Å². The number of carbonyl (C=O) groups excluding carboxylic acids is 2. The van der Waals surface area contributed by atoms with E-state index >= 15 is 0 Å². The van der Waals surface area contributed by atoms with Crippen LogP contribution in [-0.2, 0) is 22.9 Å². The van der Waals surface area contributed by atoms with Crippen molar-refractivity contribution >= 4 is 31.5 Å². The van der Waals surface area contributed by atoms with Gasteiger partial charge in [-0.15, -0.1) is 0 Å². The molecule has 0 N–H and O–H groups in total. The van der Waals surface area contributed by atoms with Gasteiger partial charge in [-0.05, 0) is 33.6 Å². The highest BCUT2D eigenvalue weighted by Crippen LogP contribution is 2.26. The molecule has 0 saturated heterocycles. The normalized spacial score (nSPS) is 13.2. The molecule has 21 heavy (non-hydrogen) atoms. The molecule has 0 heterocycles. The molecule has 0 amide bonds. The van der Waals surface area contributed by atoms with Crippen LogP contribution in [-0.4, -0.2) is 44.8 Å². The molecule has 0 aromatic carbocycles. The minimum atomic E-state index is -2.66. The third kappa shape index (κ3) is 8.11. The predicted octanol–water partition coefficient (Wildman–Crippen LogP) is 3.05. The minimum absolute atomic E-state index is 0.0923. The van der Waals surface area contributed by atoms with E-state index in [2.05, 4.69) is 0 Å². The molecule has 0 aliphatic heterocycles. The van der Waals surface area contributed by atoms with Crippen molar-refractivity contribution in [3.05, 3.63) is 0 Å². The highest BCUT2D eigenvalue weighted by atomic mass is 32.2. The average Bonchev–Trinajstić information content (AvgIpc) is 2.43. The van der Waals surface area contributed by atoms with Crippen molar-refractivity contribution in [3.63, 3.8) is 0 Å². The van der Waals surface area contributed by atoms with Gasteiger partial charge >= 0.3 is 8.80 Å². The molecule has 5 nitrogen and oxygen atoms in total. The van der Waals surface area contributed by atoms with Gasteiger partial charge in [0, 0.05) is 38.0 Å². The van der Waals surface area contributed by atoms with E-state index in [1.54, 1.807) is 0 Å². The van der Waals surface area contributed by atoms with Crippen LogP contribution in [0.15, 0.2) is 0 Å². The van der Waals surface area contributed by atoms with E-state index in [4.69, 9.17) is 13.3 Å². The first-order valence-corrected chi connectivity index (χ1v) is 10.4. The molecule has 1 atom stereocenters. The molecular weight excluding hydrogens is 308 g/mol. The molecule has 0 spiro atoms. The van der Waals surface area contributed by atoms with Crippen LogP contribution in [0.25, 0.3) is 0 Å². The summed E-state index contributed by atoms with van der Waals surface area (Å²) in [6.45, 7) is 10.7. The molecule has 0 saturated carbocycles. The Labute approximate surface area is 133 Å². The van der Waals surface area contributed by atoms with Gasteiger partial charge in [0.1, 0.15) is 0 Å². The zero-order valence-corrected chi connectivity index (χ0v) is 15.6. The maximum Gasteiger partial charge on any atom is 0.500 e. The number of Topliss-reactive ketones (excluding diaryl/α,β-unsaturated/α-hetero) is 1. The highest BCUT2D eigenvalue weighted by molar-refractivity contribution is 8.15. The van der Waals surface area contributed by atoms with Crippen molar-refractivity contribution in [2.24, 2.45) is 0 Å². The van der Waals surface area contributed by atoms with Crippen molar-refractivity contribution in [1.82, 2.24) is 0 Å². The second-order valence-electron chi connectivity index (χ2n) is 4.51. The number of ketones is 1. The van der Waals surface area contributed by atoms with Crippen molar-refractivity contribution < 1.29 is 22.9 Å². The summed E-state index contributed by atoms with van der Waals surface area (Å²) in [5.41, 5.74) is 0. The van der Waals surface area contributed by atoms with Crippen molar-refractivity contribution in [2.45, 2.75) is 58.8 Å². The van der Waals surface area contributed by atoms with Gasteiger partial charge in [-0.1, -0.05) is 18.7 Å². The first-order chi connectivity index (χ1) is 9.94. The maximum atomic E-state index is 11.5. The fraction of sp³-hybridized carbons (Fsp3) is 0.857. The van der Waals surface area contributed by atoms with E-state index in [0.29, 0.717) is 25.9 Å². The summed E-state index contributed by atoms with van der Waals surface area (Å²) in [6, 6.07) is 0.666. The molecular formula is C14H28O5SSi. The van der Waals surface area contributed by atoms with Crippen LogP contribution in [0.5, 0.6) is 0 Å². The molecule has 0 rings (SSSR count). The lowest BCUT2D eigenvalue weighted by Gasteiger charge is -2.29. The summed E-state index contributed by atoms with van der Waals surface area (Å²) in [6.07, 6.45) is 1.56. The fourth-order valence-electron chi connectivity index (χ4n) is 1.92. The Bertz CT molecular complexity index is 307. The number of thioether (sulfide) groups is 1. The maximum absolute atomic E-state index is 11.5. The van der Waals surface area contributed by atoms with Crippen LogP contribution in [0.4, 0.5) is 0 Å². The van der Waals surface area contributed by atoms with Gasteiger partial charge in [-0.3, -0.25) is 9.59 Å².